The highest BCUT2D eigenvalue weighted by atomic mass is 16.2. The Labute approximate surface area is 131 Å². The standard InChI is InChI=1S/C18H21N3O/c1-15(22)20-11-12-21(13-17-9-5-6-10-19-17)18(14-20)16-7-3-2-4-8-16/h2-10,18H,11-14H2,1H3/t18-/m0/s1. The predicted octanol–water partition coefficient (Wildman–Crippen LogP) is 2.49. The fraction of sp³-hybridized carbons (Fsp3) is 0.333. The highest BCUT2D eigenvalue weighted by Crippen LogP contribution is 2.26. The number of rotatable bonds is 3. The van der Waals surface area contributed by atoms with Crippen LogP contribution in [-0.4, -0.2) is 40.3 Å². The normalized spacial score (nSPS) is 19.1. The van der Waals surface area contributed by atoms with Crippen LogP contribution in [0.5, 0.6) is 0 Å². The summed E-state index contributed by atoms with van der Waals surface area (Å²) in [5, 5.41) is 0. The average molecular weight is 295 g/mol. The lowest BCUT2D eigenvalue weighted by Crippen LogP contribution is -2.49. The van der Waals surface area contributed by atoms with Gasteiger partial charge >= 0.3 is 0 Å². The summed E-state index contributed by atoms with van der Waals surface area (Å²) in [6.45, 7) is 4.86. The molecule has 1 amide bonds. The maximum atomic E-state index is 11.7. The second-order valence-electron chi connectivity index (χ2n) is 5.68. The number of aromatic nitrogens is 1. The number of pyridine rings is 1. The third kappa shape index (κ3) is 3.34. The van der Waals surface area contributed by atoms with Gasteiger partial charge in [0.2, 0.25) is 5.91 Å². The number of benzene rings is 1. The summed E-state index contributed by atoms with van der Waals surface area (Å²) in [7, 11) is 0. The summed E-state index contributed by atoms with van der Waals surface area (Å²) in [6.07, 6.45) is 1.83. The first-order chi connectivity index (χ1) is 10.7. The molecule has 0 saturated carbocycles. The van der Waals surface area contributed by atoms with Crippen molar-refractivity contribution in [3.05, 3.63) is 66.0 Å². The molecule has 4 heteroatoms. The molecule has 4 nitrogen and oxygen atoms in total. The lowest BCUT2D eigenvalue weighted by atomic mass is 10.0. The lowest BCUT2D eigenvalue weighted by molar-refractivity contribution is -0.132. The van der Waals surface area contributed by atoms with Crippen molar-refractivity contribution in [3.63, 3.8) is 0 Å². The minimum atomic E-state index is 0.151. The van der Waals surface area contributed by atoms with E-state index >= 15 is 0 Å². The van der Waals surface area contributed by atoms with Crippen molar-refractivity contribution in [2.45, 2.75) is 19.5 Å². The van der Waals surface area contributed by atoms with Crippen LogP contribution in [0, 0.1) is 0 Å². The highest BCUT2D eigenvalue weighted by Gasteiger charge is 2.29. The molecule has 3 rings (SSSR count). The Kier molecular flexibility index (Phi) is 4.49. The van der Waals surface area contributed by atoms with Crippen molar-refractivity contribution in [2.75, 3.05) is 19.6 Å². The number of piperazine rings is 1. The number of hydrogen-bond acceptors (Lipinski definition) is 3. The van der Waals surface area contributed by atoms with Crippen LogP contribution in [0.2, 0.25) is 0 Å². The van der Waals surface area contributed by atoms with E-state index in [1.165, 1.54) is 5.56 Å². The van der Waals surface area contributed by atoms with Crippen molar-refractivity contribution in [2.24, 2.45) is 0 Å². The second kappa shape index (κ2) is 6.71. The summed E-state index contributed by atoms with van der Waals surface area (Å²) in [6, 6.07) is 16.7. The van der Waals surface area contributed by atoms with Crippen molar-refractivity contribution in [1.29, 1.82) is 0 Å². The first kappa shape index (κ1) is 14.7. The molecule has 1 aromatic carbocycles. The predicted molar refractivity (Wildman–Crippen MR) is 86.1 cm³/mol. The van der Waals surface area contributed by atoms with Crippen LogP contribution in [0.3, 0.4) is 0 Å². The Balaban J connectivity index is 1.82. The number of amides is 1. The van der Waals surface area contributed by atoms with Crippen LogP contribution >= 0.6 is 0 Å². The van der Waals surface area contributed by atoms with E-state index in [0.717, 1.165) is 31.9 Å². The van der Waals surface area contributed by atoms with Gasteiger partial charge in [-0.2, -0.15) is 0 Å². The highest BCUT2D eigenvalue weighted by molar-refractivity contribution is 5.73. The summed E-state index contributed by atoms with van der Waals surface area (Å²) < 4.78 is 0. The summed E-state index contributed by atoms with van der Waals surface area (Å²) in [5.41, 5.74) is 2.32. The molecule has 0 bridgehead atoms. The van der Waals surface area contributed by atoms with E-state index in [1.807, 2.05) is 29.3 Å². The van der Waals surface area contributed by atoms with Gasteiger partial charge in [0.1, 0.15) is 0 Å². The molecule has 1 fully saturated rings. The van der Waals surface area contributed by atoms with Crippen LogP contribution in [0.4, 0.5) is 0 Å². The van der Waals surface area contributed by atoms with Crippen molar-refractivity contribution < 1.29 is 4.79 Å². The first-order valence-electron chi connectivity index (χ1n) is 7.68. The van der Waals surface area contributed by atoms with Gasteiger partial charge < -0.3 is 4.90 Å². The van der Waals surface area contributed by atoms with E-state index in [4.69, 9.17) is 0 Å². The van der Waals surface area contributed by atoms with E-state index in [-0.39, 0.29) is 11.9 Å². The quantitative estimate of drug-likeness (QED) is 0.873. The largest absolute Gasteiger partial charge is 0.340 e. The fourth-order valence-corrected chi connectivity index (χ4v) is 2.99. The minimum Gasteiger partial charge on any atom is -0.340 e. The Morgan fingerprint density at radius 2 is 1.91 bits per heavy atom. The summed E-state index contributed by atoms with van der Waals surface area (Å²) in [4.78, 5) is 20.5. The van der Waals surface area contributed by atoms with Gasteiger partial charge in [0, 0.05) is 39.3 Å². The Bertz CT molecular complexity index is 615. The van der Waals surface area contributed by atoms with Crippen LogP contribution < -0.4 is 0 Å². The molecule has 0 radical (unpaired) electrons. The van der Waals surface area contributed by atoms with Gasteiger partial charge in [0.25, 0.3) is 0 Å². The molecule has 0 unspecified atom stereocenters. The molecule has 1 atom stereocenters. The maximum absolute atomic E-state index is 11.7. The van der Waals surface area contributed by atoms with E-state index < -0.39 is 0 Å². The number of carbonyl (C=O) groups is 1. The molecular formula is C18H21N3O. The molecule has 0 spiro atoms. The second-order valence-corrected chi connectivity index (χ2v) is 5.68. The van der Waals surface area contributed by atoms with Crippen LogP contribution in [0.25, 0.3) is 0 Å². The molecule has 114 valence electrons. The SMILES string of the molecule is CC(=O)N1CCN(Cc2ccccn2)[C@H](c2ccccc2)C1. The fourth-order valence-electron chi connectivity index (χ4n) is 2.99. The zero-order chi connectivity index (χ0) is 15.4. The number of carbonyl (C=O) groups excluding carboxylic acids is 1. The van der Waals surface area contributed by atoms with Gasteiger partial charge in [0.05, 0.1) is 11.7 Å². The Hall–Kier alpha value is -2.20. The van der Waals surface area contributed by atoms with E-state index in [2.05, 4.69) is 40.2 Å². The van der Waals surface area contributed by atoms with Gasteiger partial charge in [-0.3, -0.25) is 14.7 Å². The zero-order valence-corrected chi connectivity index (χ0v) is 12.9. The third-order valence-electron chi connectivity index (χ3n) is 4.21. The summed E-state index contributed by atoms with van der Waals surface area (Å²) in [5.74, 6) is 0.151. The third-order valence-corrected chi connectivity index (χ3v) is 4.21. The van der Waals surface area contributed by atoms with E-state index in [1.54, 1.807) is 6.92 Å². The van der Waals surface area contributed by atoms with E-state index in [0.29, 0.717) is 0 Å². The molecule has 1 aliphatic heterocycles. The van der Waals surface area contributed by atoms with Gasteiger partial charge in [-0.15, -0.1) is 0 Å². The summed E-state index contributed by atoms with van der Waals surface area (Å²) >= 11 is 0. The molecule has 0 aliphatic carbocycles. The molecule has 1 aliphatic rings. The van der Waals surface area contributed by atoms with Crippen LogP contribution in [-0.2, 0) is 11.3 Å². The molecule has 2 heterocycles. The smallest absolute Gasteiger partial charge is 0.219 e. The van der Waals surface area contributed by atoms with Gasteiger partial charge in [-0.1, -0.05) is 36.4 Å². The minimum absolute atomic E-state index is 0.151. The molecule has 0 N–H and O–H groups in total. The Morgan fingerprint density at radius 3 is 2.59 bits per heavy atom. The average Bonchev–Trinajstić information content (AvgIpc) is 2.57. The van der Waals surface area contributed by atoms with Gasteiger partial charge in [-0.05, 0) is 17.7 Å². The Morgan fingerprint density at radius 1 is 1.14 bits per heavy atom. The molecule has 22 heavy (non-hydrogen) atoms. The first-order valence-corrected chi connectivity index (χ1v) is 7.68. The maximum Gasteiger partial charge on any atom is 0.219 e. The van der Waals surface area contributed by atoms with Crippen molar-refractivity contribution in [1.82, 2.24) is 14.8 Å². The molecule has 1 saturated heterocycles. The van der Waals surface area contributed by atoms with Gasteiger partial charge in [0.15, 0.2) is 0 Å². The topological polar surface area (TPSA) is 36.4 Å². The molecule has 2 aromatic rings. The van der Waals surface area contributed by atoms with Crippen molar-refractivity contribution in [3.8, 4) is 0 Å². The van der Waals surface area contributed by atoms with Crippen molar-refractivity contribution >= 4 is 5.91 Å². The van der Waals surface area contributed by atoms with Crippen LogP contribution in [0.1, 0.15) is 24.2 Å². The van der Waals surface area contributed by atoms with Gasteiger partial charge in [-0.25, -0.2) is 0 Å². The lowest BCUT2D eigenvalue weighted by Gasteiger charge is -2.41. The van der Waals surface area contributed by atoms with E-state index in [9.17, 15) is 4.79 Å². The molecular weight excluding hydrogens is 274 g/mol. The molecule has 1 aromatic heterocycles. The number of nitrogens with zero attached hydrogens (tertiary/aromatic N) is 3. The van der Waals surface area contributed by atoms with Crippen LogP contribution in [0.15, 0.2) is 54.7 Å². The zero-order valence-electron chi connectivity index (χ0n) is 12.9. The number of hydrogen-bond donors (Lipinski definition) is 0. The monoisotopic (exact) mass is 295 g/mol.